The predicted octanol–water partition coefficient (Wildman–Crippen LogP) is 6.75. The number of carbonyl (C=O) groups is 1. The van der Waals surface area contributed by atoms with E-state index >= 15 is 4.39 Å². The number of anilines is 2. The first-order chi connectivity index (χ1) is 25.3. The third-order valence-electron chi connectivity index (χ3n) is 10.3. The molecule has 0 spiro atoms. The maximum absolute atomic E-state index is 15.5. The standard InChI is InChI=1S/C34H35Cl2F7N8O3/c1-48(2)30(52)28-26(36)22-14-49(6-4-8-51(22)47-28)29-18-15-53-23(24-25(34(41,42)43)19(35)9-20(44)27(24)37)10-21(18)45-31(46-29)54-16-32-5-3-7-50(32)13-17(11-32)12-33(38,39)40/h9,12,23H,3-8,10-11,13-16,44H2,1-2H3/b17-12-/t23-,32-/m0/s1. The number of fused-ring (bicyclic) bond motifs is 3. The number of nitrogens with zero attached hydrogens (tertiary/aromatic N) is 7. The summed E-state index contributed by atoms with van der Waals surface area (Å²) < 4.78 is 112. The Kier molecular flexibility index (Phi) is 9.96. The molecule has 292 valence electrons. The number of ether oxygens (including phenoxy) is 2. The van der Waals surface area contributed by atoms with Gasteiger partial charge in [-0.3, -0.25) is 14.4 Å². The number of aromatic nitrogens is 4. The van der Waals surface area contributed by atoms with Gasteiger partial charge in [0, 0.05) is 57.4 Å². The Hall–Kier alpha value is -3.87. The van der Waals surface area contributed by atoms with Gasteiger partial charge in [0.05, 0.1) is 57.5 Å². The Morgan fingerprint density at radius 2 is 1.89 bits per heavy atom. The summed E-state index contributed by atoms with van der Waals surface area (Å²) >= 11 is 12.7. The first kappa shape index (κ1) is 38.4. The summed E-state index contributed by atoms with van der Waals surface area (Å²) in [6.45, 7) is 1.22. The Morgan fingerprint density at radius 1 is 1.13 bits per heavy atom. The van der Waals surface area contributed by atoms with Crippen molar-refractivity contribution in [2.45, 2.75) is 75.8 Å². The molecule has 0 radical (unpaired) electrons. The van der Waals surface area contributed by atoms with Gasteiger partial charge in [0.1, 0.15) is 12.4 Å². The number of rotatable bonds is 6. The van der Waals surface area contributed by atoms with Crippen molar-refractivity contribution in [3.8, 4) is 6.01 Å². The molecule has 0 aliphatic carbocycles. The molecule has 20 heteroatoms. The molecule has 1 amide bonds. The Morgan fingerprint density at radius 3 is 2.59 bits per heavy atom. The van der Waals surface area contributed by atoms with E-state index in [1.54, 1.807) is 18.8 Å². The lowest BCUT2D eigenvalue weighted by Gasteiger charge is -2.33. The molecule has 2 atom stereocenters. The van der Waals surface area contributed by atoms with Gasteiger partial charge >= 0.3 is 18.4 Å². The smallest absolute Gasteiger partial charge is 0.418 e. The van der Waals surface area contributed by atoms with Crippen LogP contribution < -0.4 is 15.4 Å². The van der Waals surface area contributed by atoms with Crippen molar-refractivity contribution >= 4 is 40.6 Å². The Balaban J connectivity index is 1.28. The van der Waals surface area contributed by atoms with Crippen LogP contribution in [0.15, 0.2) is 17.7 Å². The van der Waals surface area contributed by atoms with Crippen LogP contribution in [-0.2, 0) is 37.0 Å². The molecule has 3 aromatic rings. The topological polar surface area (TPSA) is 115 Å². The van der Waals surface area contributed by atoms with Crippen LogP contribution >= 0.6 is 23.2 Å². The molecule has 6 heterocycles. The monoisotopic (exact) mass is 806 g/mol. The first-order valence-electron chi connectivity index (χ1n) is 17.1. The van der Waals surface area contributed by atoms with Crippen LogP contribution in [0, 0.1) is 5.82 Å². The van der Waals surface area contributed by atoms with Gasteiger partial charge in [-0.05, 0) is 43.9 Å². The van der Waals surface area contributed by atoms with Crippen LogP contribution in [0.5, 0.6) is 6.01 Å². The lowest BCUT2D eigenvalue weighted by molar-refractivity contribution is -0.140. The second kappa shape index (κ2) is 14.0. The van der Waals surface area contributed by atoms with Crippen LogP contribution in [0.3, 0.4) is 0 Å². The number of allylic oxidation sites excluding steroid dienone is 1. The van der Waals surface area contributed by atoms with Gasteiger partial charge in [0.2, 0.25) is 0 Å². The summed E-state index contributed by atoms with van der Waals surface area (Å²) in [5.41, 5.74) is 3.52. The average molecular weight is 808 g/mol. The van der Waals surface area contributed by atoms with Crippen molar-refractivity contribution in [2.75, 3.05) is 51.0 Å². The molecule has 0 saturated carbocycles. The first-order valence-corrected chi connectivity index (χ1v) is 17.8. The van der Waals surface area contributed by atoms with Crippen molar-refractivity contribution in [3.63, 3.8) is 0 Å². The average Bonchev–Trinajstić information content (AvgIpc) is 3.66. The van der Waals surface area contributed by atoms with Crippen LogP contribution in [0.4, 0.5) is 42.2 Å². The van der Waals surface area contributed by atoms with Gasteiger partial charge < -0.3 is 25.0 Å². The Labute approximate surface area is 314 Å². The normalized spacial score (nSPS) is 22.6. The molecule has 1 aromatic carbocycles. The third kappa shape index (κ3) is 7.17. The van der Waals surface area contributed by atoms with E-state index in [0.717, 1.165) is 6.42 Å². The minimum absolute atomic E-state index is 0.0629. The highest BCUT2D eigenvalue weighted by atomic mass is 35.5. The molecule has 0 bridgehead atoms. The van der Waals surface area contributed by atoms with Gasteiger partial charge in [-0.25, -0.2) is 4.39 Å². The number of halogens is 9. The Bertz CT molecular complexity index is 2020. The number of aryl methyl sites for hydroxylation is 1. The fraction of sp³-hybridized carbons (Fsp3) is 0.529. The number of nitrogen functional groups attached to an aromatic ring is 1. The van der Waals surface area contributed by atoms with Gasteiger partial charge in [0.15, 0.2) is 11.5 Å². The minimum Gasteiger partial charge on any atom is -0.461 e. The third-order valence-corrected chi connectivity index (χ3v) is 11.0. The lowest BCUT2D eigenvalue weighted by Crippen LogP contribution is -2.43. The van der Waals surface area contributed by atoms with E-state index in [4.69, 9.17) is 43.4 Å². The number of amides is 1. The fourth-order valence-electron chi connectivity index (χ4n) is 7.92. The highest BCUT2D eigenvalue weighted by molar-refractivity contribution is 6.34. The fourth-order valence-corrected chi connectivity index (χ4v) is 8.52. The summed E-state index contributed by atoms with van der Waals surface area (Å²) in [5.74, 6) is -1.42. The molecule has 7 rings (SSSR count). The van der Waals surface area contributed by atoms with Crippen molar-refractivity contribution in [2.24, 2.45) is 0 Å². The van der Waals surface area contributed by atoms with Gasteiger partial charge in [-0.2, -0.15) is 41.4 Å². The zero-order valence-electron chi connectivity index (χ0n) is 29.1. The van der Waals surface area contributed by atoms with Crippen molar-refractivity contribution in [1.29, 1.82) is 0 Å². The second-order valence-corrected chi connectivity index (χ2v) is 15.0. The van der Waals surface area contributed by atoms with Gasteiger partial charge in [0.25, 0.3) is 5.91 Å². The minimum atomic E-state index is -5.05. The van der Waals surface area contributed by atoms with E-state index in [9.17, 15) is 31.1 Å². The van der Waals surface area contributed by atoms with Crippen molar-refractivity contribution in [1.82, 2.24) is 29.5 Å². The SMILES string of the molecule is CN(C)C(=O)c1nn2c(c1Cl)CN(c1nc(OC[C@@]34CCCN3C/C(=C\C(F)(F)F)C4)nc3c1CO[C@H](c1c(F)c(N)cc(Cl)c1C(F)(F)F)C3)CCC2. The zero-order valence-corrected chi connectivity index (χ0v) is 30.6. The molecule has 2 fully saturated rings. The van der Waals surface area contributed by atoms with E-state index < -0.39 is 57.6 Å². The molecule has 4 aliphatic heterocycles. The van der Waals surface area contributed by atoms with Gasteiger partial charge in [-0.1, -0.05) is 23.2 Å². The highest BCUT2D eigenvalue weighted by Crippen LogP contribution is 2.47. The number of carbonyl (C=O) groups excluding carboxylic acids is 1. The molecule has 2 N–H and O–H groups in total. The summed E-state index contributed by atoms with van der Waals surface area (Å²) in [4.78, 5) is 27.3. The molecular weight excluding hydrogens is 772 g/mol. The van der Waals surface area contributed by atoms with Crippen LogP contribution in [0.2, 0.25) is 10.0 Å². The molecule has 2 aromatic heterocycles. The molecule has 2 saturated heterocycles. The molecule has 4 aliphatic rings. The quantitative estimate of drug-likeness (QED) is 0.164. The van der Waals surface area contributed by atoms with E-state index in [1.807, 2.05) is 9.80 Å². The van der Waals surface area contributed by atoms with E-state index in [0.29, 0.717) is 61.7 Å². The number of alkyl halides is 6. The largest absolute Gasteiger partial charge is 0.461 e. The van der Waals surface area contributed by atoms with E-state index in [-0.39, 0.29) is 67.1 Å². The highest BCUT2D eigenvalue weighted by Gasteiger charge is 2.48. The number of nitrogens with two attached hydrogens (primary N) is 1. The summed E-state index contributed by atoms with van der Waals surface area (Å²) in [6, 6.07) is 0.525. The number of hydrogen-bond acceptors (Lipinski definition) is 9. The lowest BCUT2D eigenvalue weighted by atomic mass is 9.93. The molecular formula is C34H35Cl2F7N8O3. The maximum Gasteiger partial charge on any atom is 0.418 e. The van der Waals surface area contributed by atoms with Crippen molar-refractivity contribution in [3.05, 3.63) is 67.4 Å². The molecule has 54 heavy (non-hydrogen) atoms. The van der Waals surface area contributed by atoms with Gasteiger partial charge in [-0.15, -0.1) is 0 Å². The van der Waals surface area contributed by atoms with Crippen LogP contribution in [0.1, 0.15) is 70.4 Å². The second-order valence-electron chi connectivity index (χ2n) is 14.2. The molecule has 11 nitrogen and oxygen atoms in total. The number of hydrogen-bond donors (Lipinski definition) is 1. The van der Waals surface area contributed by atoms with Crippen LogP contribution in [-0.4, -0.2) is 87.5 Å². The summed E-state index contributed by atoms with van der Waals surface area (Å²) in [5, 5.41) is 3.80. The zero-order chi connectivity index (χ0) is 38.9. The van der Waals surface area contributed by atoms with Crippen LogP contribution in [0.25, 0.3) is 0 Å². The maximum atomic E-state index is 15.5. The predicted molar refractivity (Wildman–Crippen MR) is 183 cm³/mol. The van der Waals surface area contributed by atoms with E-state index in [1.165, 1.54) is 4.90 Å². The number of benzene rings is 1. The summed E-state index contributed by atoms with van der Waals surface area (Å²) in [6.07, 6.45) is -9.12. The molecule has 0 unspecified atom stereocenters. The van der Waals surface area contributed by atoms with E-state index in [2.05, 4.69) is 10.1 Å². The van der Waals surface area contributed by atoms with Crippen molar-refractivity contribution < 1.29 is 45.0 Å². The summed E-state index contributed by atoms with van der Waals surface area (Å²) in [7, 11) is 3.14.